The lowest BCUT2D eigenvalue weighted by atomic mass is 9.99. The van der Waals surface area contributed by atoms with E-state index in [0.29, 0.717) is 42.5 Å². The van der Waals surface area contributed by atoms with Gasteiger partial charge >= 0.3 is 0 Å². The first-order valence-electron chi connectivity index (χ1n) is 9.99. The van der Waals surface area contributed by atoms with E-state index in [-0.39, 0.29) is 19.2 Å². The number of hydrogen-bond acceptors (Lipinski definition) is 5. The van der Waals surface area contributed by atoms with Crippen LogP contribution in [0, 0.1) is 5.92 Å². The summed E-state index contributed by atoms with van der Waals surface area (Å²) < 4.78 is 36.3. The second kappa shape index (κ2) is 10.5. The van der Waals surface area contributed by atoms with Gasteiger partial charge in [0, 0.05) is 25.6 Å². The minimum Gasteiger partial charge on any atom is -0.454 e. The molecule has 0 spiro atoms. The van der Waals surface area contributed by atoms with Gasteiger partial charge in [-0.15, -0.1) is 0 Å². The number of anilines is 1. The molecule has 0 aliphatic carbocycles. The quantitative estimate of drug-likeness (QED) is 0.569. The van der Waals surface area contributed by atoms with E-state index < -0.39 is 10.0 Å². The van der Waals surface area contributed by atoms with Crippen LogP contribution in [-0.4, -0.2) is 40.5 Å². The third-order valence-electron chi connectivity index (χ3n) is 4.94. The Morgan fingerprint density at radius 3 is 2.64 bits per heavy atom. The normalized spacial score (nSPS) is 14.0. The molecule has 1 amide bonds. The Labute approximate surface area is 168 Å². The fourth-order valence-electron chi connectivity index (χ4n) is 3.20. The van der Waals surface area contributed by atoms with Crippen LogP contribution in [-0.2, 0) is 14.8 Å². The molecule has 8 heteroatoms. The summed E-state index contributed by atoms with van der Waals surface area (Å²) in [4.78, 5) is 12.1. The summed E-state index contributed by atoms with van der Waals surface area (Å²) in [5.41, 5.74) is 0.512. The first kappa shape index (κ1) is 22.3. The predicted molar refractivity (Wildman–Crippen MR) is 110 cm³/mol. The lowest BCUT2D eigenvalue weighted by Gasteiger charge is -2.22. The predicted octanol–water partition coefficient (Wildman–Crippen LogP) is 3.29. The summed E-state index contributed by atoms with van der Waals surface area (Å²) in [6, 6.07) is 5.04. The zero-order chi connectivity index (χ0) is 20.6. The van der Waals surface area contributed by atoms with Gasteiger partial charge in [-0.05, 0) is 30.9 Å². The summed E-state index contributed by atoms with van der Waals surface area (Å²) in [5.74, 6) is 1.60. The summed E-state index contributed by atoms with van der Waals surface area (Å²) >= 11 is 0. The van der Waals surface area contributed by atoms with Gasteiger partial charge in [-0.25, -0.2) is 8.42 Å². The maximum Gasteiger partial charge on any atom is 0.232 e. The Hall–Kier alpha value is -1.96. The van der Waals surface area contributed by atoms with Crippen molar-refractivity contribution in [1.82, 2.24) is 5.32 Å². The summed E-state index contributed by atoms with van der Waals surface area (Å²) in [5, 5.41) is 2.99. The van der Waals surface area contributed by atoms with Crippen molar-refractivity contribution in [1.29, 1.82) is 0 Å². The molecule has 1 aliphatic heterocycles. The fourth-order valence-corrected chi connectivity index (χ4v) is 4.16. The Kier molecular flexibility index (Phi) is 8.41. The molecular weight excluding hydrogens is 380 g/mol. The van der Waals surface area contributed by atoms with Crippen molar-refractivity contribution < 1.29 is 22.7 Å². The van der Waals surface area contributed by atoms with Crippen LogP contribution in [0.25, 0.3) is 0 Å². The van der Waals surface area contributed by atoms with E-state index in [4.69, 9.17) is 9.47 Å². The highest BCUT2D eigenvalue weighted by atomic mass is 32.2. The minimum atomic E-state index is -3.47. The smallest absolute Gasteiger partial charge is 0.232 e. The number of unbranched alkanes of at least 4 members (excludes halogenated alkanes) is 1. The highest BCUT2D eigenvalue weighted by Gasteiger charge is 2.21. The number of carbonyl (C=O) groups is 1. The van der Waals surface area contributed by atoms with Gasteiger partial charge in [-0.2, -0.15) is 0 Å². The molecule has 2 rings (SSSR count). The van der Waals surface area contributed by atoms with E-state index in [1.807, 2.05) is 0 Å². The number of carbonyl (C=O) groups excluding carboxylic acids is 1. The van der Waals surface area contributed by atoms with Gasteiger partial charge in [0.2, 0.25) is 22.7 Å². The van der Waals surface area contributed by atoms with E-state index in [1.165, 1.54) is 10.7 Å². The Morgan fingerprint density at radius 1 is 1.21 bits per heavy atom. The van der Waals surface area contributed by atoms with Gasteiger partial charge in [0.1, 0.15) is 0 Å². The first-order valence-corrected chi connectivity index (χ1v) is 11.8. The van der Waals surface area contributed by atoms with Gasteiger partial charge in [0.15, 0.2) is 11.5 Å². The molecule has 1 atom stereocenters. The van der Waals surface area contributed by atoms with Crippen LogP contribution in [0.4, 0.5) is 5.69 Å². The van der Waals surface area contributed by atoms with Crippen molar-refractivity contribution in [2.45, 2.75) is 52.4 Å². The molecule has 1 N–H and O–H groups in total. The van der Waals surface area contributed by atoms with Crippen molar-refractivity contribution in [3.05, 3.63) is 18.2 Å². The number of benzene rings is 1. The Morgan fingerprint density at radius 2 is 1.96 bits per heavy atom. The van der Waals surface area contributed by atoms with Gasteiger partial charge in [0.05, 0.1) is 11.9 Å². The van der Waals surface area contributed by atoms with Gasteiger partial charge in [0.25, 0.3) is 0 Å². The molecule has 0 saturated carbocycles. The SMILES string of the molecule is CCCC[C@@H](CC)CNC(=O)CCCN(c1ccc2c(c1)OCO2)S(C)(=O)=O. The van der Waals surface area contributed by atoms with E-state index in [0.717, 1.165) is 25.5 Å². The number of sulfonamides is 1. The maximum absolute atomic E-state index is 12.2. The molecular formula is C20H32N2O5S. The number of nitrogens with one attached hydrogen (secondary N) is 1. The first-order chi connectivity index (χ1) is 13.3. The van der Waals surface area contributed by atoms with Crippen LogP contribution in [0.3, 0.4) is 0 Å². The molecule has 0 unspecified atom stereocenters. The van der Waals surface area contributed by atoms with Crippen molar-refractivity contribution >= 4 is 21.6 Å². The van der Waals surface area contributed by atoms with Crippen LogP contribution in [0.1, 0.15) is 52.4 Å². The molecule has 1 aromatic carbocycles. The standard InChI is InChI=1S/C20H32N2O5S/c1-4-6-8-16(5-2)14-21-20(23)9-7-12-22(28(3,24)25)17-10-11-18-19(13-17)27-15-26-18/h10-11,13,16H,4-9,12,14-15H2,1-3H3,(H,21,23)/t16-/m1/s1. The lowest BCUT2D eigenvalue weighted by Crippen LogP contribution is -2.33. The monoisotopic (exact) mass is 412 g/mol. The zero-order valence-electron chi connectivity index (χ0n) is 17.1. The van der Waals surface area contributed by atoms with Gasteiger partial charge in [-0.1, -0.05) is 33.1 Å². The molecule has 0 bridgehead atoms. The van der Waals surface area contributed by atoms with E-state index in [2.05, 4.69) is 19.2 Å². The second-order valence-corrected chi connectivity index (χ2v) is 9.10. The van der Waals surface area contributed by atoms with Gasteiger partial charge in [-0.3, -0.25) is 9.10 Å². The highest BCUT2D eigenvalue weighted by Crippen LogP contribution is 2.36. The van der Waals surface area contributed by atoms with Crippen LogP contribution in [0.15, 0.2) is 18.2 Å². The number of ether oxygens (including phenoxy) is 2. The molecule has 0 aromatic heterocycles. The molecule has 1 aromatic rings. The third kappa shape index (κ3) is 6.58. The number of hydrogen-bond donors (Lipinski definition) is 1. The molecule has 0 radical (unpaired) electrons. The summed E-state index contributed by atoms with van der Waals surface area (Å²) in [6.45, 7) is 5.36. The molecule has 0 saturated heterocycles. The van der Waals surface area contributed by atoms with Crippen molar-refractivity contribution in [3.8, 4) is 11.5 Å². The van der Waals surface area contributed by atoms with Crippen LogP contribution < -0.4 is 19.1 Å². The van der Waals surface area contributed by atoms with E-state index in [9.17, 15) is 13.2 Å². The molecule has 1 heterocycles. The number of amides is 1. The van der Waals surface area contributed by atoms with Crippen LogP contribution in [0.2, 0.25) is 0 Å². The average Bonchev–Trinajstić information content (AvgIpc) is 3.12. The largest absolute Gasteiger partial charge is 0.454 e. The number of rotatable bonds is 12. The molecule has 0 fully saturated rings. The third-order valence-corrected chi connectivity index (χ3v) is 6.13. The molecule has 28 heavy (non-hydrogen) atoms. The molecule has 7 nitrogen and oxygen atoms in total. The Bertz CT molecular complexity index is 751. The van der Waals surface area contributed by atoms with Crippen molar-refractivity contribution in [3.63, 3.8) is 0 Å². The average molecular weight is 413 g/mol. The number of nitrogens with zero attached hydrogens (tertiary/aromatic N) is 1. The van der Waals surface area contributed by atoms with Crippen molar-refractivity contribution in [2.24, 2.45) is 5.92 Å². The van der Waals surface area contributed by atoms with Crippen LogP contribution in [0.5, 0.6) is 11.5 Å². The number of fused-ring (bicyclic) bond motifs is 1. The highest BCUT2D eigenvalue weighted by molar-refractivity contribution is 7.92. The zero-order valence-corrected chi connectivity index (χ0v) is 17.9. The summed E-state index contributed by atoms with van der Waals surface area (Å²) in [6.07, 6.45) is 6.40. The lowest BCUT2D eigenvalue weighted by molar-refractivity contribution is -0.121. The van der Waals surface area contributed by atoms with E-state index in [1.54, 1.807) is 18.2 Å². The second-order valence-electron chi connectivity index (χ2n) is 7.20. The molecule has 1 aliphatic rings. The summed E-state index contributed by atoms with van der Waals surface area (Å²) in [7, 11) is -3.47. The van der Waals surface area contributed by atoms with Crippen LogP contribution >= 0.6 is 0 Å². The van der Waals surface area contributed by atoms with E-state index >= 15 is 0 Å². The van der Waals surface area contributed by atoms with Crippen molar-refractivity contribution in [2.75, 3.05) is 30.4 Å². The molecule has 158 valence electrons. The van der Waals surface area contributed by atoms with Gasteiger partial charge < -0.3 is 14.8 Å². The fraction of sp³-hybridized carbons (Fsp3) is 0.650. The topological polar surface area (TPSA) is 84.9 Å². The Balaban J connectivity index is 1.86. The maximum atomic E-state index is 12.2. The minimum absolute atomic E-state index is 0.0333.